The van der Waals surface area contributed by atoms with Crippen LogP contribution in [0.5, 0.6) is 5.75 Å². The molecule has 0 aromatic heterocycles. The zero-order chi connectivity index (χ0) is 32.2. The third-order valence-electron chi connectivity index (χ3n) is 7.85. The predicted molar refractivity (Wildman–Crippen MR) is 171 cm³/mol. The quantitative estimate of drug-likeness (QED) is 0.0766. The number of hydrogen-bond donors (Lipinski definition) is 5. The zero-order valence-corrected chi connectivity index (χ0v) is 25.7. The normalized spacial score (nSPS) is 14.5. The lowest BCUT2D eigenvalue weighted by Crippen LogP contribution is -2.55. The van der Waals surface area contributed by atoms with Gasteiger partial charge in [0.1, 0.15) is 36.0 Å². The number of nitrogen functional groups attached to an aromatic ring is 1. The molecule has 4 rings (SSSR count). The zero-order valence-electron chi connectivity index (χ0n) is 25.0. The minimum absolute atomic E-state index is 0.0671. The standard InChI is InChI=1S/C34H39ClFN5O4/c35-26-18-27(36)20-28(19-26)45-16-15-39-34(44)30(24-9-5-2-6-10-24)41-33(43)29(17-22-11-13-25(14-12-22)31(37)38)32(42)40-21-23-7-3-1-4-8-23/h1,3-4,7-8,11-14,18-20,24,29-30H,2,5-6,9-10,15-17,21H2,(H3,37,38)(H,39,44)(H,40,42)(H,41,43). The molecule has 0 spiro atoms. The van der Waals surface area contributed by atoms with Gasteiger partial charge >= 0.3 is 0 Å². The molecule has 2 unspecified atom stereocenters. The first-order valence-electron chi connectivity index (χ1n) is 15.1. The second-order valence-electron chi connectivity index (χ2n) is 11.2. The molecule has 3 amide bonds. The Labute approximate surface area is 267 Å². The Morgan fingerprint density at radius 3 is 2.29 bits per heavy atom. The molecule has 0 bridgehead atoms. The summed E-state index contributed by atoms with van der Waals surface area (Å²) in [6.45, 7) is 0.433. The van der Waals surface area contributed by atoms with Gasteiger partial charge in [0, 0.05) is 23.2 Å². The Bertz CT molecular complexity index is 1440. The minimum atomic E-state index is -1.11. The summed E-state index contributed by atoms with van der Waals surface area (Å²) in [6.07, 6.45) is 4.58. The van der Waals surface area contributed by atoms with E-state index in [1.54, 1.807) is 24.3 Å². The lowest BCUT2D eigenvalue weighted by molar-refractivity contribution is -0.138. The molecule has 9 nitrogen and oxygen atoms in total. The molecule has 6 N–H and O–H groups in total. The fourth-order valence-corrected chi connectivity index (χ4v) is 5.66. The number of rotatable bonds is 14. The summed E-state index contributed by atoms with van der Waals surface area (Å²) in [7, 11) is 0. The summed E-state index contributed by atoms with van der Waals surface area (Å²) >= 11 is 5.89. The minimum Gasteiger partial charge on any atom is -0.492 e. The SMILES string of the molecule is N=C(N)c1ccc(CC(C(=O)NCc2ccccc2)C(=O)NC(C(=O)NCCOc2cc(F)cc(Cl)c2)C2CCCCC2)cc1. The number of nitrogens with two attached hydrogens (primary N) is 1. The monoisotopic (exact) mass is 635 g/mol. The van der Waals surface area contributed by atoms with Gasteiger partial charge in [0.2, 0.25) is 17.7 Å². The van der Waals surface area contributed by atoms with Crippen LogP contribution in [0.2, 0.25) is 5.02 Å². The Morgan fingerprint density at radius 1 is 0.911 bits per heavy atom. The molecule has 0 radical (unpaired) electrons. The molecular weight excluding hydrogens is 597 g/mol. The van der Waals surface area contributed by atoms with E-state index in [-0.39, 0.29) is 54.6 Å². The van der Waals surface area contributed by atoms with E-state index in [9.17, 15) is 18.8 Å². The first-order valence-corrected chi connectivity index (χ1v) is 15.5. The highest BCUT2D eigenvalue weighted by atomic mass is 35.5. The third-order valence-corrected chi connectivity index (χ3v) is 8.07. The van der Waals surface area contributed by atoms with E-state index >= 15 is 0 Å². The molecule has 0 heterocycles. The number of carbonyl (C=O) groups is 3. The lowest BCUT2D eigenvalue weighted by atomic mass is 9.83. The van der Waals surface area contributed by atoms with Crippen molar-refractivity contribution in [1.29, 1.82) is 5.41 Å². The van der Waals surface area contributed by atoms with Crippen molar-refractivity contribution < 1.29 is 23.5 Å². The number of nitrogens with one attached hydrogen (secondary N) is 4. The van der Waals surface area contributed by atoms with Gasteiger partial charge in [-0.25, -0.2) is 4.39 Å². The van der Waals surface area contributed by atoms with Crippen LogP contribution in [-0.2, 0) is 27.3 Å². The van der Waals surface area contributed by atoms with E-state index < -0.39 is 29.6 Å². The second-order valence-corrected chi connectivity index (χ2v) is 11.6. The molecule has 3 aromatic carbocycles. The van der Waals surface area contributed by atoms with Crippen molar-refractivity contribution >= 4 is 35.2 Å². The van der Waals surface area contributed by atoms with E-state index in [1.807, 2.05) is 30.3 Å². The average Bonchev–Trinajstić information content (AvgIpc) is 3.03. The number of hydrogen-bond acceptors (Lipinski definition) is 5. The highest BCUT2D eigenvalue weighted by Crippen LogP contribution is 2.27. The summed E-state index contributed by atoms with van der Waals surface area (Å²) in [5.41, 5.74) is 7.72. The van der Waals surface area contributed by atoms with Crippen LogP contribution in [0.15, 0.2) is 72.8 Å². The van der Waals surface area contributed by atoms with Crippen LogP contribution in [0, 0.1) is 23.1 Å². The highest BCUT2D eigenvalue weighted by molar-refractivity contribution is 6.30. The van der Waals surface area contributed by atoms with Crippen LogP contribution < -0.4 is 26.4 Å². The molecule has 2 atom stereocenters. The Balaban J connectivity index is 1.46. The summed E-state index contributed by atoms with van der Waals surface area (Å²) in [5.74, 6) is -2.95. The van der Waals surface area contributed by atoms with Crippen molar-refractivity contribution in [2.24, 2.45) is 17.6 Å². The highest BCUT2D eigenvalue weighted by Gasteiger charge is 2.35. The summed E-state index contributed by atoms with van der Waals surface area (Å²) in [4.78, 5) is 40.8. The number of carbonyl (C=O) groups excluding carboxylic acids is 3. The molecule has 1 aliphatic carbocycles. The molecule has 238 valence electrons. The second kappa shape index (κ2) is 16.6. The third kappa shape index (κ3) is 10.3. The van der Waals surface area contributed by atoms with Gasteiger partial charge < -0.3 is 26.4 Å². The Kier molecular flexibility index (Phi) is 12.3. The molecule has 0 saturated heterocycles. The van der Waals surface area contributed by atoms with Gasteiger partial charge in [0.25, 0.3) is 0 Å². The Morgan fingerprint density at radius 2 is 1.62 bits per heavy atom. The fourth-order valence-electron chi connectivity index (χ4n) is 5.45. The fraction of sp³-hybridized carbons (Fsp3) is 0.353. The van der Waals surface area contributed by atoms with Crippen molar-refractivity contribution in [3.63, 3.8) is 0 Å². The van der Waals surface area contributed by atoms with Gasteiger partial charge in [-0.05, 0) is 48.4 Å². The predicted octanol–water partition coefficient (Wildman–Crippen LogP) is 4.50. The van der Waals surface area contributed by atoms with Crippen LogP contribution in [0.3, 0.4) is 0 Å². The van der Waals surface area contributed by atoms with Gasteiger partial charge in [-0.1, -0.05) is 85.5 Å². The van der Waals surface area contributed by atoms with Gasteiger partial charge in [-0.15, -0.1) is 0 Å². The number of halogens is 2. The van der Waals surface area contributed by atoms with Crippen LogP contribution in [0.1, 0.15) is 48.8 Å². The molecule has 45 heavy (non-hydrogen) atoms. The topological polar surface area (TPSA) is 146 Å². The van der Waals surface area contributed by atoms with Crippen LogP contribution in [-0.4, -0.2) is 42.8 Å². The van der Waals surface area contributed by atoms with Crippen molar-refractivity contribution in [3.05, 3.63) is 100 Å². The number of amidine groups is 1. The van der Waals surface area contributed by atoms with Crippen molar-refractivity contribution in [2.45, 2.75) is 51.1 Å². The van der Waals surface area contributed by atoms with Crippen LogP contribution in [0.4, 0.5) is 4.39 Å². The molecular formula is C34H39ClFN5O4. The van der Waals surface area contributed by atoms with Gasteiger partial charge in [0.05, 0.1) is 6.54 Å². The maximum atomic E-state index is 13.8. The number of ether oxygens (including phenoxy) is 1. The van der Waals surface area contributed by atoms with Gasteiger partial charge in [0.15, 0.2) is 0 Å². The van der Waals surface area contributed by atoms with Crippen LogP contribution >= 0.6 is 11.6 Å². The number of benzene rings is 3. The maximum absolute atomic E-state index is 13.8. The largest absolute Gasteiger partial charge is 0.492 e. The summed E-state index contributed by atoms with van der Waals surface area (Å²) in [5, 5.41) is 16.5. The summed E-state index contributed by atoms with van der Waals surface area (Å²) in [6, 6.07) is 19.2. The molecule has 0 aliphatic heterocycles. The van der Waals surface area contributed by atoms with Crippen molar-refractivity contribution in [1.82, 2.24) is 16.0 Å². The smallest absolute Gasteiger partial charge is 0.242 e. The molecule has 1 aliphatic rings. The molecule has 1 fully saturated rings. The lowest BCUT2D eigenvalue weighted by Gasteiger charge is -2.31. The van der Waals surface area contributed by atoms with Crippen molar-refractivity contribution in [2.75, 3.05) is 13.2 Å². The van der Waals surface area contributed by atoms with E-state index in [1.165, 1.54) is 18.2 Å². The van der Waals surface area contributed by atoms with E-state index in [4.69, 9.17) is 27.5 Å². The molecule has 11 heteroatoms. The average molecular weight is 636 g/mol. The molecule has 3 aromatic rings. The van der Waals surface area contributed by atoms with E-state index in [0.717, 1.165) is 37.7 Å². The molecule has 1 saturated carbocycles. The van der Waals surface area contributed by atoms with Crippen LogP contribution in [0.25, 0.3) is 0 Å². The summed E-state index contributed by atoms with van der Waals surface area (Å²) < 4.78 is 19.2. The Hall–Kier alpha value is -4.44. The maximum Gasteiger partial charge on any atom is 0.242 e. The number of amides is 3. The van der Waals surface area contributed by atoms with E-state index in [2.05, 4.69) is 16.0 Å². The van der Waals surface area contributed by atoms with E-state index in [0.29, 0.717) is 11.1 Å². The first-order chi connectivity index (χ1) is 21.7. The van der Waals surface area contributed by atoms with Gasteiger partial charge in [-0.3, -0.25) is 19.8 Å². The van der Waals surface area contributed by atoms with Crippen molar-refractivity contribution in [3.8, 4) is 5.75 Å². The first kappa shape index (κ1) is 33.5. The van der Waals surface area contributed by atoms with Gasteiger partial charge in [-0.2, -0.15) is 0 Å².